The SMILES string of the molecule is CC(C)c1ccc(-c2cc3c(cc2F)C(NC(=O)O)C(C)(C)C3)cc1. The van der Waals surface area contributed by atoms with Crippen LogP contribution in [0.2, 0.25) is 0 Å². The first-order valence-corrected chi connectivity index (χ1v) is 8.61. The van der Waals surface area contributed by atoms with Gasteiger partial charge >= 0.3 is 6.09 Å². The van der Waals surface area contributed by atoms with Crippen molar-refractivity contribution in [2.45, 2.75) is 46.1 Å². The summed E-state index contributed by atoms with van der Waals surface area (Å²) >= 11 is 0. The molecule has 0 saturated carbocycles. The van der Waals surface area contributed by atoms with Crippen LogP contribution in [-0.2, 0) is 6.42 Å². The van der Waals surface area contributed by atoms with Crippen LogP contribution in [0.3, 0.4) is 0 Å². The van der Waals surface area contributed by atoms with Gasteiger partial charge in [-0.05, 0) is 52.1 Å². The first kappa shape index (κ1) is 17.5. The van der Waals surface area contributed by atoms with Gasteiger partial charge in [0.25, 0.3) is 0 Å². The Morgan fingerprint density at radius 2 is 1.88 bits per heavy atom. The number of hydrogen-bond acceptors (Lipinski definition) is 1. The standard InChI is InChI=1S/C21H24FNO2/c1-12(2)13-5-7-14(8-6-13)16-9-15-11-21(3,4)19(23-20(24)25)17(15)10-18(16)22/h5-10,12,19,23H,11H2,1-4H3,(H,24,25). The highest BCUT2D eigenvalue weighted by Crippen LogP contribution is 2.46. The minimum absolute atomic E-state index is 0.284. The predicted octanol–water partition coefficient (Wildman–Crippen LogP) is 5.51. The van der Waals surface area contributed by atoms with Crippen LogP contribution in [0.1, 0.15) is 56.3 Å². The van der Waals surface area contributed by atoms with Gasteiger partial charge in [0, 0.05) is 5.56 Å². The maximum atomic E-state index is 14.8. The number of rotatable bonds is 3. The summed E-state index contributed by atoms with van der Waals surface area (Å²) in [5.74, 6) is 0.119. The summed E-state index contributed by atoms with van der Waals surface area (Å²) in [7, 11) is 0. The Labute approximate surface area is 147 Å². The molecule has 4 heteroatoms. The van der Waals surface area contributed by atoms with E-state index in [2.05, 4.69) is 19.2 Å². The van der Waals surface area contributed by atoms with Crippen molar-refractivity contribution < 1.29 is 14.3 Å². The molecule has 0 bridgehead atoms. The van der Waals surface area contributed by atoms with Gasteiger partial charge in [-0.2, -0.15) is 0 Å². The van der Waals surface area contributed by atoms with Crippen molar-refractivity contribution in [2.75, 3.05) is 0 Å². The topological polar surface area (TPSA) is 49.3 Å². The van der Waals surface area contributed by atoms with E-state index in [9.17, 15) is 9.18 Å². The van der Waals surface area contributed by atoms with Crippen LogP contribution in [0.15, 0.2) is 36.4 Å². The second-order valence-electron chi connectivity index (χ2n) is 7.86. The lowest BCUT2D eigenvalue weighted by molar-refractivity contribution is 0.175. The molecule has 2 N–H and O–H groups in total. The van der Waals surface area contributed by atoms with E-state index in [0.717, 1.165) is 16.7 Å². The summed E-state index contributed by atoms with van der Waals surface area (Å²) in [6.07, 6.45) is -0.371. The van der Waals surface area contributed by atoms with E-state index in [0.29, 0.717) is 17.9 Å². The second-order valence-corrected chi connectivity index (χ2v) is 7.86. The van der Waals surface area contributed by atoms with E-state index in [1.54, 1.807) is 0 Å². The van der Waals surface area contributed by atoms with Gasteiger partial charge in [0.05, 0.1) is 6.04 Å². The quantitative estimate of drug-likeness (QED) is 0.773. The Morgan fingerprint density at radius 3 is 2.44 bits per heavy atom. The summed E-state index contributed by atoms with van der Waals surface area (Å²) in [6, 6.07) is 10.9. The third kappa shape index (κ3) is 3.26. The third-order valence-corrected chi connectivity index (χ3v) is 5.12. The Bertz CT molecular complexity index is 809. The predicted molar refractivity (Wildman–Crippen MR) is 97.3 cm³/mol. The number of carboxylic acid groups (broad SMARTS) is 1. The molecule has 0 saturated heterocycles. The lowest BCUT2D eigenvalue weighted by Crippen LogP contribution is -2.34. The summed E-state index contributed by atoms with van der Waals surface area (Å²) in [4.78, 5) is 11.1. The smallest absolute Gasteiger partial charge is 0.405 e. The van der Waals surface area contributed by atoms with Crippen LogP contribution in [0.25, 0.3) is 11.1 Å². The number of fused-ring (bicyclic) bond motifs is 1. The van der Waals surface area contributed by atoms with Gasteiger partial charge in [-0.15, -0.1) is 0 Å². The average molecular weight is 341 g/mol. The number of benzene rings is 2. The van der Waals surface area contributed by atoms with E-state index in [1.165, 1.54) is 11.6 Å². The Balaban J connectivity index is 2.02. The van der Waals surface area contributed by atoms with E-state index >= 15 is 0 Å². The molecule has 0 spiro atoms. The second kappa shape index (κ2) is 6.17. The molecule has 2 aromatic carbocycles. The van der Waals surface area contributed by atoms with E-state index in [-0.39, 0.29) is 11.2 Å². The van der Waals surface area contributed by atoms with Gasteiger partial charge < -0.3 is 10.4 Å². The van der Waals surface area contributed by atoms with Crippen molar-refractivity contribution in [2.24, 2.45) is 5.41 Å². The minimum atomic E-state index is -1.08. The normalized spacial score (nSPS) is 18.2. The third-order valence-electron chi connectivity index (χ3n) is 5.12. The number of nitrogens with one attached hydrogen (secondary N) is 1. The lowest BCUT2D eigenvalue weighted by Gasteiger charge is -2.27. The Kier molecular flexibility index (Phi) is 4.31. The summed E-state index contributed by atoms with van der Waals surface area (Å²) in [5.41, 5.74) is 4.10. The van der Waals surface area contributed by atoms with E-state index in [4.69, 9.17) is 5.11 Å². The zero-order valence-corrected chi connectivity index (χ0v) is 15.1. The van der Waals surface area contributed by atoms with Crippen LogP contribution in [0.4, 0.5) is 9.18 Å². The van der Waals surface area contributed by atoms with Gasteiger partial charge in [0.1, 0.15) is 5.82 Å². The fraction of sp³-hybridized carbons (Fsp3) is 0.381. The Hall–Kier alpha value is -2.36. The van der Waals surface area contributed by atoms with Crippen LogP contribution in [-0.4, -0.2) is 11.2 Å². The van der Waals surface area contributed by atoms with Gasteiger partial charge in [-0.3, -0.25) is 0 Å². The van der Waals surface area contributed by atoms with Gasteiger partial charge in [0.2, 0.25) is 0 Å². The zero-order chi connectivity index (χ0) is 18.4. The van der Waals surface area contributed by atoms with Gasteiger partial charge in [0.15, 0.2) is 0 Å². The molecule has 1 aliphatic rings. The number of hydrogen-bond donors (Lipinski definition) is 2. The molecule has 3 rings (SSSR count). The average Bonchev–Trinajstić information content (AvgIpc) is 2.76. The highest BCUT2D eigenvalue weighted by Gasteiger charge is 2.40. The maximum absolute atomic E-state index is 14.8. The van der Waals surface area contributed by atoms with Crippen molar-refractivity contribution >= 4 is 6.09 Å². The molecular formula is C21H24FNO2. The molecule has 1 aliphatic carbocycles. The molecular weight excluding hydrogens is 317 g/mol. The monoisotopic (exact) mass is 341 g/mol. The van der Waals surface area contributed by atoms with Crippen molar-refractivity contribution in [3.63, 3.8) is 0 Å². The molecule has 0 radical (unpaired) electrons. The number of amides is 1. The number of carbonyl (C=O) groups is 1. The number of halogens is 1. The van der Waals surface area contributed by atoms with Crippen molar-refractivity contribution in [3.05, 3.63) is 58.9 Å². The van der Waals surface area contributed by atoms with Crippen molar-refractivity contribution in [3.8, 4) is 11.1 Å². The zero-order valence-electron chi connectivity index (χ0n) is 15.1. The molecule has 0 aromatic heterocycles. The van der Waals surface area contributed by atoms with Crippen molar-refractivity contribution in [1.29, 1.82) is 0 Å². The lowest BCUT2D eigenvalue weighted by atomic mass is 9.85. The highest BCUT2D eigenvalue weighted by molar-refractivity contribution is 5.69. The van der Waals surface area contributed by atoms with Crippen molar-refractivity contribution in [1.82, 2.24) is 5.32 Å². The summed E-state index contributed by atoms with van der Waals surface area (Å²) in [5, 5.41) is 11.6. The molecule has 0 heterocycles. The molecule has 1 atom stereocenters. The molecule has 1 amide bonds. The fourth-order valence-electron chi connectivity index (χ4n) is 3.73. The molecule has 1 unspecified atom stereocenters. The Morgan fingerprint density at radius 1 is 1.24 bits per heavy atom. The molecule has 132 valence electrons. The molecule has 3 nitrogen and oxygen atoms in total. The maximum Gasteiger partial charge on any atom is 0.405 e. The van der Waals surface area contributed by atoms with Crippen LogP contribution in [0, 0.1) is 11.2 Å². The fourth-order valence-corrected chi connectivity index (χ4v) is 3.73. The summed E-state index contributed by atoms with van der Waals surface area (Å²) in [6.45, 7) is 8.26. The highest BCUT2D eigenvalue weighted by atomic mass is 19.1. The first-order valence-electron chi connectivity index (χ1n) is 8.61. The largest absolute Gasteiger partial charge is 0.465 e. The van der Waals surface area contributed by atoms with Crippen LogP contribution >= 0.6 is 0 Å². The van der Waals surface area contributed by atoms with E-state index < -0.39 is 12.1 Å². The van der Waals surface area contributed by atoms with Gasteiger partial charge in [-0.25, -0.2) is 9.18 Å². The minimum Gasteiger partial charge on any atom is -0.465 e. The first-order chi connectivity index (χ1) is 11.7. The molecule has 0 fully saturated rings. The van der Waals surface area contributed by atoms with Crippen LogP contribution in [0.5, 0.6) is 0 Å². The van der Waals surface area contributed by atoms with E-state index in [1.807, 2.05) is 44.2 Å². The van der Waals surface area contributed by atoms with Gasteiger partial charge in [-0.1, -0.05) is 52.0 Å². The summed E-state index contributed by atoms with van der Waals surface area (Å²) < 4.78 is 14.8. The molecule has 25 heavy (non-hydrogen) atoms. The molecule has 0 aliphatic heterocycles. The molecule has 2 aromatic rings. The van der Waals surface area contributed by atoms with Crippen LogP contribution < -0.4 is 5.32 Å².